The predicted octanol–water partition coefficient (Wildman–Crippen LogP) is 2.45. The van der Waals surface area contributed by atoms with Crippen molar-refractivity contribution in [3.8, 4) is 12.3 Å². The molecule has 0 fully saturated rings. The van der Waals surface area contributed by atoms with Crippen LogP contribution in [-0.4, -0.2) is 11.1 Å². The monoisotopic (exact) mass is 210 g/mol. The van der Waals surface area contributed by atoms with Gasteiger partial charge >= 0.3 is 5.97 Å². The average Bonchev–Trinajstić information content (AvgIpc) is 2.28. The van der Waals surface area contributed by atoms with Crippen LogP contribution in [0.15, 0.2) is 36.4 Å². The van der Waals surface area contributed by atoms with Crippen molar-refractivity contribution in [3.05, 3.63) is 47.5 Å². The van der Waals surface area contributed by atoms with E-state index in [9.17, 15) is 4.79 Å². The molecule has 0 heterocycles. The Morgan fingerprint density at radius 3 is 2.69 bits per heavy atom. The first-order valence-electron chi connectivity index (χ1n) is 4.91. The Morgan fingerprint density at radius 1 is 1.25 bits per heavy atom. The zero-order valence-electron chi connectivity index (χ0n) is 8.60. The third kappa shape index (κ3) is 1.76. The maximum Gasteiger partial charge on any atom is 0.307 e. The van der Waals surface area contributed by atoms with Crippen molar-refractivity contribution in [2.24, 2.45) is 0 Å². The largest absolute Gasteiger partial charge is 0.481 e. The van der Waals surface area contributed by atoms with E-state index in [1.165, 1.54) is 0 Å². The van der Waals surface area contributed by atoms with E-state index in [1.54, 1.807) is 6.07 Å². The molecule has 2 rings (SSSR count). The molecule has 2 aromatic carbocycles. The standard InChI is InChI=1S/C14H10O2/c1-2-12-11(9-14(15)16)8-7-10-5-3-4-6-13(10)12/h1,3-8H,9H2,(H,15,16). The summed E-state index contributed by atoms with van der Waals surface area (Å²) in [4.78, 5) is 10.7. The van der Waals surface area contributed by atoms with Gasteiger partial charge in [0.1, 0.15) is 0 Å². The summed E-state index contributed by atoms with van der Waals surface area (Å²) in [5.41, 5.74) is 1.37. The molecule has 2 nitrogen and oxygen atoms in total. The molecular weight excluding hydrogens is 200 g/mol. The number of fused-ring (bicyclic) bond motifs is 1. The highest BCUT2D eigenvalue weighted by molar-refractivity contribution is 5.90. The van der Waals surface area contributed by atoms with Gasteiger partial charge in [0.05, 0.1) is 6.42 Å². The van der Waals surface area contributed by atoms with Crippen molar-refractivity contribution in [1.29, 1.82) is 0 Å². The summed E-state index contributed by atoms with van der Waals surface area (Å²) in [7, 11) is 0. The second kappa shape index (κ2) is 4.08. The van der Waals surface area contributed by atoms with E-state index in [1.807, 2.05) is 30.3 Å². The smallest absolute Gasteiger partial charge is 0.307 e. The van der Waals surface area contributed by atoms with E-state index in [-0.39, 0.29) is 6.42 Å². The molecular formula is C14H10O2. The van der Waals surface area contributed by atoms with Gasteiger partial charge in [-0.1, -0.05) is 42.3 Å². The molecule has 0 spiro atoms. The number of rotatable bonds is 2. The highest BCUT2D eigenvalue weighted by atomic mass is 16.4. The Kier molecular flexibility index (Phi) is 2.61. The molecule has 2 aromatic rings. The van der Waals surface area contributed by atoms with Crippen LogP contribution < -0.4 is 0 Å². The van der Waals surface area contributed by atoms with Gasteiger partial charge in [0.2, 0.25) is 0 Å². The van der Waals surface area contributed by atoms with Crippen LogP contribution >= 0.6 is 0 Å². The first-order chi connectivity index (χ1) is 7.72. The molecule has 0 amide bonds. The third-order valence-electron chi connectivity index (χ3n) is 2.50. The van der Waals surface area contributed by atoms with Gasteiger partial charge in [-0.25, -0.2) is 0 Å². The van der Waals surface area contributed by atoms with Crippen molar-refractivity contribution in [2.75, 3.05) is 0 Å². The molecule has 16 heavy (non-hydrogen) atoms. The third-order valence-corrected chi connectivity index (χ3v) is 2.50. The van der Waals surface area contributed by atoms with E-state index >= 15 is 0 Å². The molecule has 0 radical (unpaired) electrons. The normalized spacial score (nSPS) is 9.94. The van der Waals surface area contributed by atoms with E-state index < -0.39 is 5.97 Å². The fourth-order valence-corrected chi connectivity index (χ4v) is 1.80. The maximum atomic E-state index is 10.7. The number of carboxylic acid groups (broad SMARTS) is 1. The molecule has 0 aromatic heterocycles. The van der Waals surface area contributed by atoms with Gasteiger partial charge in [-0.15, -0.1) is 6.42 Å². The van der Waals surface area contributed by atoms with Crippen molar-refractivity contribution in [3.63, 3.8) is 0 Å². The number of terminal acetylenes is 1. The van der Waals surface area contributed by atoms with Gasteiger partial charge in [-0.3, -0.25) is 4.79 Å². The summed E-state index contributed by atoms with van der Waals surface area (Å²) in [6.45, 7) is 0. The summed E-state index contributed by atoms with van der Waals surface area (Å²) >= 11 is 0. The second-order valence-corrected chi connectivity index (χ2v) is 3.54. The predicted molar refractivity (Wildman–Crippen MR) is 63.2 cm³/mol. The van der Waals surface area contributed by atoms with Crippen molar-refractivity contribution < 1.29 is 9.90 Å². The van der Waals surface area contributed by atoms with E-state index in [0.717, 1.165) is 10.8 Å². The van der Waals surface area contributed by atoms with Crippen LogP contribution in [-0.2, 0) is 11.2 Å². The van der Waals surface area contributed by atoms with Gasteiger partial charge in [-0.2, -0.15) is 0 Å². The Balaban J connectivity index is 2.69. The summed E-state index contributed by atoms with van der Waals surface area (Å²) in [5, 5.41) is 10.8. The minimum atomic E-state index is -0.869. The Bertz CT molecular complexity index is 591. The molecule has 0 aliphatic rings. The van der Waals surface area contributed by atoms with Crippen molar-refractivity contribution in [2.45, 2.75) is 6.42 Å². The molecule has 0 unspecified atom stereocenters. The fourth-order valence-electron chi connectivity index (χ4n) is 1.80. The van der Waals surface area contributed by atoms with Gasteiger partial charge in [-0.05, 0) is 16.3 Å². The molecule has 1 N–H and O–H groups in total. The fraction of sp³-hybridized carbons (Fsp3) is 0.0714. The molecule has 0 saturated carbocycles. The molecule has 0 atom stereocenters. The summed E-state index contributed by atoms with van der Waals surface area (Å²) < 4.78 is 0. The molecule has 78 valence electrons. The number of hydrogen-bond acceptors (Lipinski definition) is 1. The number of hydrogen-bond donors (Lipinski definition) is 1. The van der Waals surface area contributed by atoms with Crippen LogP contribution in [0.3, 0.4) is 0 Å². The Hall–Kier alpha value is -2.27. The van der Waals surface area contributed by atoms with Crippen LogP contribution in [0.2, 0.25) is 0 Å². The summed E-state index contributed by atoms with van der Waals surface area (Å²) in [6, 6.07) is 11.4. The van der Waals surface area contributed by atoms with Gasteiger partial charge in [0.25, 0.3) is 0 Å². The van der Waals surface area contributed by atoms with Gasteiger partial charge in [0.15, 0.2) is 0 Å². The first kappa shape index (κ1) is 10.3. The van der Waals surface area contributed by atoms with Crippen molar-refractivity contribution in [1.82, 2.24) is 0 Å². The molecule has 0 bridgehead atoms. The maximum absolute atomic E-state index is 10.7. The molecule has 0 aliphatic heterocycles. The minimum absolute atomic E-state index is 0.0373. The van der Waals surface area contributed by atoms with E-state index in [2.05, 4.69) is 5.92 Å². The first-order valence-corrected chi connectivity index (χ1v) is 4.91. The zero-order chi connectivity index (χ0) is 11.5. The lowest BCUT2D eigenvalue weighted by Gasteiger charge is -2.06. The average molecular weight is 210 g/mol. The van der Waals surface area contributed by atoms with Crippen LogP contribution in [0.1, 0.15) is 11.1 Å². The van der Waals surface area contributed by atoms with E-state index in [4.69, 9.17) is 11.5 Å². The quantitative estimate of drug-likeness (QED) is 0.773. The minimum Gasteiger partial charge on any atom is -0.481 e. The van der Waals surface area contributed by atoms with Gasteiger partial charge < -0.3 is 5.11 Å². The summed E-state index contributed by atoms with van der Waals surface area (Å²) in [6.07, 6.45) is 5.41. The lowest BCUT2D eigenvalue weighted by molar-refractivity contribution is -0.136. The Labute approximate surface area is 93.5 Å². The number of carboxylic acids is 1. The van der Waals surface area contributed by atoms with Crippen LogP contribution in [0, 0.1) is 12.3 Å². The van der Waals surface area contributed by atoms with E-state index in [0.29, 0.717) is 11.1 Å². The Morgan fingerprint density at radius 2 is 2.00 bits per heavy atom. The lowest BCUT2D eigenvalue weighted by atomic mass is 9.97. The highest BCUT2D eigenvalue weighted by Crippen LogP contribution is 2.22. The molecule has 0 saturated heterocycles. The number of benzene rings is 2. The van der Waals surface area contributed by atoms with Crippen LogP contribution in [0.5, 0.6) is 0 Å². The second-order valence-electron chi connectivity index (χ2n) is 3.54. The zero-order valence-corrected chi connectivity index (χ0v) is 8.60. The highest BCUT2D eigenvalue weighted by Gasteiger charge is 2.08. The summed E-state index contributed by atoms with van der Waals surface area (Å²) in [5.74, 6) is 1.71. The molecule has 0 aliphatic carbocycles. The lowest BCUT2D eigenvalue weighted by Crippen LogP contribution is -2.02. The molecule has 2 heteroatoms. The SMILES string of the molecule is C#Cc1c(CC(=O)O)ccc2ccccc12. The van der Waals surface area contributed by atoms with Crippen LogP contribution in [0.25, 0.3) is 10.8 Å². The van der Waals surface area contributed by atoms with Crippen LogP contribution in [0.4, 0.5) is 0 Å². The number of carbonyl (C=O) groups is 1. The van der Waals surface area contributed by atoms with Crippen molar-refractivity contribution >= 4 is 16.7 Å². The van der Waals surface area contributed by atoms with Gasteiger partial charge in [0, 0.05) is 5.56 Å². The number of aliphatic carboxylic acids is 1. The topological polar surface area (TPSA) is 37.3 Å².